The molecule has 1 amide bonds. The van der Waals surface area contributed by atoms with Gasteiger partial charge in [-0.1, -0.05) is 49.1 Å². The van der Waals surface area contributed by atoms with Crippen LogP contribution in [0.5, 0.6) is 0 Å². The van der Waals surface area contributed by atoms with Gasteiger partial charge in [-0.3, -0.25) is 4.79 Å². The topological polar surface area (TPSA) is 66.9 Å². The van der Waals surface area contributed by atoms with E-state index in [1.165, 1.54) is 0 Å². The molecule has 0 atom stereocenters. The number of rotatable bonds is 5. The van der Waals surface area contributed by atoms with E-state index in [0.29, 0.717) is 11.5 Å². The van der Waals surface area contributed by atoms with E-state index in [9.17, 15) is 4.79 Å². The van der Waals surface area contributed by atoms with Crippen molar-refractivity contribution in [3.05, 3.63) is 59.4 Å². The maximum Gasteiger partial charge on any atom is 0.251 e. The molecule has 1 aromatic heterocycles. The molecule has 31 heavy (non-hydrogen) atoms. The first-order valence-electron chi connectivity index (χ1n) is 11.1. The monoisotopic (exact) mass is 412 g/mol. The number of nitrogens with zero attached hydrogens (tertiary/aromatic N) is 2. The van der Waals surface area contributed by atoms with Gasteiger partial charge in [0.25, 0.3) is 5.91 Å². The number of carbonyl (C=O) groups is 1. The number of amides is 1. The largest absolute Gasteiger partial charge is 0.367 e. The summed E-state index contributed by atoms with van der Waals surface area (Å²) < 4.78 is 0. The first-order valence-corrected chi connectivity index (χ1v) is 11.1. The minimum atomic E-state index is 0.00949. The highest BCUT2D eigenvalue weighted by Gasteiger charge is 2.24. The minimum Gasteiger partial charge on any atom is -0.367 e. The fraction of sp³-hybridized carbons (Fsp3) is 0.400. The lowest BCUT2D eigenvalue weighted by Gasteiger charge is -2.30. The predicted molar refractivity (Wildman–Crippen MR) is 127 cm³/mol. The molecule has 1 fully saturated rings. The first kappa shape index (κ1) is 21.4. The average Bonchev–Trinajstić information content (AvgIpc) is 2.75. The van der Waals surface area contributed by atoms with Crippen molar-refractivity contribution in [2.45, 2.75) is 64.5 Å². The Morgan fingerprint density at radius 1 is 1.00 bits per heavy atom. The van der Waals surface area contributed by atoms with Crippen LogP contribution in [-0.4, -0.2) is 35.8 Å². The van der Waals surface area contributed by atoms with Gasteiger partial charge in [0, 0.05) is 29.0 Å². The Kier molecular flexibility index (Phi) is 6.26. The number of carbonyl (C=O) groups excluding carboxylic acids is 1. The van der Waals surface area contributed by atoms with Crippen molar-refractivity contribution in [1.29, 1.82) is 0 Å². The van der Waals surface area contributed by atoms with Crippen molar-refractivity contribution in [1.82, 2.24) is 15.3 Å². The van der Waals surface area contributed by atoms with Crippen LogP contribution >= 0.6 is 0 Å². The van der Waals surface area contributed by atoms with E-state index in [1.54, 1.807) is 0 Å². The Bertz CT molecular complexity index is 1070. The van der Waals surface area contributed by atoms with Gasteiger partial charge < -0.3 is 10.6 Å². The maximum absolute atomic E-state index is 12.5. The molecule has 2 aromatic carbocycles. The minimum absolute atomic E-state index is 0.00949. The fourth-order valence-electron chi connectivity index (χ4n) is 4.08. The Morgan fingerprint density at radius 2 is 1.68 bits per heavy atom. The van der Waals surface area contributed by atoms with Crippen molar-refractivity contribution < 1.29 is 4.79 Å². The Balaban J connectivity index is 1.42. The summed E-state index contributed by atoms with van der Waals surface area (Å²) in [5, 5.41) is 7.79. The molecule has 0 spiro atoms. The van der Waals surface area contributed by atoms with Crippen LogP contribution in [0.3, 0.4) is 0 Å². The summed E-state index contributed by atoms with van der Waals surface area (Å²) >= 11 is 0. The average molecular weight is 412 g/mol. The Morgan fingerprint density at radius 3 is 2.35 bits per heavy atom. The smallest absolute Gasteiger partial charge is 0.251 e. The van der Waals surface area contributed by atoms with Crippen LogP contribution < -0.4 is 16.1 Å². The van der Waals surface area contributed by atoms with Crippen molar-refractivity contribution in [3.8, 4) is 0 Å². The molecule has 2 N–H and O–H groups in total. The van der Waals surface area contributed by atoms with Gasteiger partial charge in [0.2, 0.25) is 0 Å². The van der Waals surface area contributed by atoms with Gasteiger partial charge in [-0.15, -0.1) is 0 Å². The Hall–Kier alpha value is -2.89. The summed E-state index contributed by atoms with van der Waals surface area (Å²) in [5.74, 6) is 1.94. The van der Waals surface area contributed by atoms with Gasteiger partial charge in [-0.05, 0) is 50.8 Å². The van der Waals surface area contributed by atoms with Crippen LogP contribution in [0.15, 0.2) is 42.5 Å². The molecule has 158 valence electrons. The highest BCUT2D eigenvalue weighted by atomic mass is 16.1. The van der Waals surface area contributed by atoms with E-state index in [1.807, 2.05) is 49.4 Å². The molecule has 0 unspecified atom stereocenters. The van der Waals surface area contributed by atoms with E-state index in [-0.39, 0.29) is 17.9 Å². The number of hydrogen-bond donors (Lipinski definition) is 2. The van der Waals surface area contributed by atoms with Gasteiger partial charge in [0.05, 0.1) is 5.52 Å². The summed E-state index contributed by atoms with van der Waals surface area (Å²) in [6.07, 6.45) is 3.84. The SMILES string of the molecule is [B]c1ccc2nc(C(C)C)nc(NC3CCC(NC(=O)c4ccc(C)cc4)CC3)c2c1. The molecule has 5 nitrogen and oxygen atoms in total. The molecule has 1 heterocycles. The summed E-state index contributed by atoms with van der Waals surface area (Å²) in [6.45, 7) is 6.23. The second-order valence-electron chi connectivity index (χ2n) is 8.89. The van der Waals surface area contributed by atoms with E-state index in [0.717, 1.165) is 59.4 Å². The molecule has 4 rings (SSSR count). The summed E-state index contributed by atoms with van der Waals surface area (Å²) in [7, 11) is 6.02. The molecular formula is C25H29BN4O. The normalized spacial score (nSPS) is 18.8. The fourth-order valence-corrected chi connectivity index (χ4v) is 4.08. The number of aromatic nitrogens is 2. The zero-order valence-electron chi connectivity index (χ0n) is 18.5. The van der Waals surface area contributed by atoms with Gasteiger partial charge in [-0.2, -0.15) is 0 Å². The van der Waals surface area contributed by atoms with Gasteiger partial charge in [-0.25, -0.2) is 9.97 Å². The van der Waals surface area contributed by atoms with Gasteiger partial charge in [0.1, 0.15) is 19.5 Å². The molecule has 2 radical (unpaired) electrons. The van der Waals surface area contributed by atoms with Crippen molar-refractivity contribution in [2.75, 3.05) is 5.32 Å². The van der Waals surface area contributed by atoms with Crippen LogP contribution in [0.1, 0.15) is 67.2 Å². The molecule has 0 bridgehead atoms. The Labute approximate surface area is 185 Å². The van der Waals surface area contributed by atoms with Crippen LogP contribution in [0.4, 0.5) is 5.82 Å². The molecule has 0 saturated heterocycles. The molecule has 1 aliphatic carbocycles. The van der Waals surface area contributed by atoms with Crippen LogP contribution in [0.2, 0.25) is 0 Å². The van der Waals surface area contributed by atoms with Crippen molar-refractivity contribution in [2.24, 2.45) is 0 Å². The molecule has 1 aliphatic rings. The number of nitrogens with one attached hydrogen (secondary N) is 2. The predicted octanol–water partition coefficient (Wildman–Crippen LogP) is 4.01. The quantitative estimate of drug-likeness (QED) is 0.622. The molecule has 6 heteroatoms. The first-order chi connectivity index (χ1) is 14.9. The molecular weight excluding hydrogens is 383 g/mol. The standard InChI is InChI=1S/C25H29BN4O/c1-15(2)23-29-22-13-8-18(26)14-21(22)24(30-23)27-19-9-11-20(12-10-19)28-25(31)17-6-4-16(3)5-7-17/h4-8,13-15,19-20H,9-12H2,1-3H3,(H,28,31)(H,27,29,30). The zero-order valence-corrected chi connectivity index (χ0v) is 18.5. The van der Waals surface area contributed by atoms with Gasteiger partial charge >= 0.3 is 0 Å². The molecule has 3 aromatic rings. The number of benzene rings is 2. The number of aryl methyl sites for hydroxylation is 1. The summed E-state index contributed by atoms with van der Waals surface area (Å²) in [6, 6.07) is 14.0. The third-order valence-corrected chi connectivity index (χ3v) is 5.97. The van der Waals surface area contributed by atoms with E-state index >= 15 is 0 Å². The lowest BCUT2D eigenvalue weighted by Crippen LogP contribution is -2.40. The highest BCUT2D eigenvalue weighted by molar-refractivity contribution is 6.33. The van der Waals surface area contributed by atoms with Crippen LogP contribution in [0.25, 0.3) is 10.9 Å². The van der Waals surface area contributed by atoms with Crippen molar-refractivity contribution in [3.63, 3.8) is 0 Å². The number of hydrogen-bond acceptors (Lipinski definition) is 4. The van der Waals surface area contributed by atoms with E-state index in [2.05, 4.69) is 24.5 Å². The third kappa shape index (κ3) is 5.06. The molecule has 1 saturated carbocycles. The third-order valence-electron chi connectivity index (χ3n) is 5.97. The van der Waals surface area contributed by atoms with Crippen LogP contribution in [-0.2, 0) is 0 Å². The van der Waals surface area contributed by atoms with E-state index < -0.39 is 0 Å². The lowest BCUT2D eigenvalue weighted by atomic mass is 9.90. The second kappa shape index (κ2) is 9.09. The lowest BCUT2D eigenvalue weighted by molar-refractivity contribution is 0.0926. The molecule has 0 aliphatic heterocycles. The zero-order chi connectivity index (χ0) is 22.0. The second-order valence-corrected chi connectivity index (χ2v) is 8.89. The van der Waals surface area contributed by atoms with Crippen molar-refractivity contribution >= 4 is 35.9 Å². The van der Waals surface area contributed by atoms with Crippen LogP contribution in [0, 0.1) is 6.92 Å². The summed E-state index contributed by atoms with van der Waals surface area (Å²) in [5.41, 5.74) is 3.49. The van der Waals surface area contributed by atoms with Gasteiger partial charge in [0.15, 0.2) is 0 Å². The highest BCUT2D eigenvalue weighted by Crippen LogP contribution is 2.27. The number of anilines is 1. The summed E-state index contributed by atoms with van der Waals surface area (Å²) in [4.78, 5) is 22.0. The van der Waals surface area contributed by atoms with E-state index in [4.69, 9.17) is 17.8 Å². The number of fused-ring (bicyclic) bond motifs is 1. The maximum atomic E-state index is 12.5.